The van der Waals surface area contributed by atoms with Gasteiger partial charge in [-0.1, -0.05) is 0 Å². The van der Waals surface area contributed by atoms with Crippen molar-refractivity contribution in [1.82, 2.24) is 0 Å². The number of hydrogen-bond acceptors (Lipinski definition) is 6. The van der Waals surface area contributed by atoms with E-state index in [2.05, 4.69) is 0 Å². The first-order valence-electron chi connectivity index (χ1n) is 6.59. The van der Waals surface area contributed by atoms with Crippen LogP contribution < -0.4 is 14.2 Å². The fourth-order valence-corrected chi connectivity index (χ4v) is 1.74. The Morgan fingerprint density at radius 3 is 2.09 bits per heavy atom. The summed E-state index contributed by atoms with van der Waals surface area (Å²) in [4.78, 5) is 11.9. The molecule has 22 heavy (non-hydrogen) atoms. The van der Waals surface area contributed by atoms with Crippen LogP contribution >= 0.6 is 0 Å². The Balaban J connectivity index is 3.32. The van der Waals surface area contributed by atoms with E-state index in [1.165, 1.54) is 27.4 Å². The van der Waals surface area contributed by atoms with Gasteiger partial charge >= 0.3 is 5.97 Å². The van der Waals surface area contributed by atoms with Crippen LogP contribution in [0.15, 0.2) is 17.7 Å². The normalized spacial score (nSPS) is 10.9. The first-order valence-corrected chi connectivity index (χ1v) is 6.59. The van der Waals surface area contributed by atoms with Crippen LogP contribution in [0.25, 0.3) is 6.08 Å². The van der Waals surface area contributed by atoms with Crippen molar-refractivity contribution in [2.24, 2.45) is 0 Å². The van der Waals surface area contributed by atoms with Gasteiger partial charge in [0.05, 0.1) is 27.4 Å². The molecule has 0 aliphatic rings. The minimum Gasteiger partial charge on any atom is -0.496 e. The lowest BCUT2D eigenvalue weighted by Gasteiger charge is -2.12. The van der Waals surface area contributed by atoms with Crippen LogP contribution in [0.1, 0.15) is 19.4 Å². The molecule has 1 aromatic carbocycles. The minimum atomic E-state index is -0.686. The number of carbonyl (C=O) groups is 1. The van der Waals surface area contributed by atoms with Crippen molar-refractivity contribution in [2.45, 2.75) is 20.0 Å². The second kappa shape index (κ2) is 7.93. The highest BCUT2D eigenvalue weighted by molar-refractivity contribution is 5.98. The zero-order valence-corrected chi connectivity index (χ0v) is 13.3. The Kier molecular flexibility index (Phi) is 6.26. The maximum Gasteiger partial charge on any atom is 0.349 e. The molecule has 0 bridgehead atoms. The predicted octanol–water partition coefficient (Wildman–Crippen LogP) is 2.57. The van der Waals surface area contributed by atoms with Gasteiger partial charge < -0.3 is 18.9 Å². The van der Waals surface area contributed by atoms with Crippen LogP contribution in [0.5, 0.6) is 17.2 Å². The van der Waals surface area contributed by atoms with Crippen LogP contribution in [0, 0.1) is 11.3 Å². The zero-order chi connectivity index (χ0) is 16.7. The summed E-state index contributed by atoms with van der Waals surface area (Å²) in [6.45, 7) is 3.42. The molecule has 0 fully saturated rings. The molecule has 0 N–H and O–H groups in total. The lowest BCUT2D eigenvalue weighted by molar-refractivity contribution is -0.142. The van der Waals surface area contributed by atoms with Gasteiger partial charge in [0.15, 0.2) is 11.5 Å². The summed E-state index contributed by atoms with van der Waals surface area (Å²) in [5, 5.41) is 9.15. The van der Waals surface area contributed by atoms with E-state index in [-0.39, 0.29) is 11.7 Å². The number of nitriles is 1. The molecule has 0 saturated carbocycles. The Hall–Kier alpha value is -2.68. The van der Waals surface area contributed by atoms with Gasteiger partial charge in [-0.05, 0) is 26.0 Å². The fourth-order valence-electron chi connectivity index (χ4n) is 1.74. The SMILES string of the molecule is COc1cc(OC)c(OC)cc1C=C(C#N)C(=O)OC(C)C. The molecule has 1 rings (SSSR count). The summed E-state index contributed by atoms with van der Waals surface area (Å²) in [7, 11) is 4.49. The lowest BCUT2D eigenvalue weighted by Crippen LogP contribution is -2.12. The van der Waals surface area contributed by atoms with Crippen LogP contribution in [-0.4, -0.2) is 33.4 Å². The Morgan fingerprint density at radius 1 is 1.09 bits per heavy atom. The van der Waals surface area contributed by atoms with Gasteiger partial charge in [0, 0.05) is 11.6 Å². The number of ether oxygens (including phenoxy) is 4. The molecule has 0 aliphatic carbocycles. The largest absolute Gasteiger partial charge is 0.496 e. The van der Waals surface area contributed by atoms with Gasteiger partial charge in [0.1, 0.15) is 17.4 Å². The number of nitrogens with zero attached hydrogens (tertiary/aromatic N) is 1. The summed E-state index contributed by atoms with van der Waals surface area (Å²) < 4.78 is 20.7. The monoisotopic (exact) mass is 305 g/mol. The minimum absolute atomic E-state index is 0.126. The fraction of sp³-hybridized carbons (Fsp3) is 0.375. The Bertz CT molecular complexity index is 614. The van der Waals surface area contributed by atoms with Gasteiger partial charge in [-0.15, -0.1) is 0 Å². The van der Waals surface area contributed by atoms with E-state index in [9.17, 15) is 4.79 Å². The number of esters is 1. The van der Waals surface area contributed by atoms with Gasteiger partial charge in [0.25, 0.3) is 0 Å². The Labute approximate surface area is 129 Å². The quantitative estimate of drug-likeness (QED) is 0.456. The molecule has 0 aromatic heterocycles. The molecule has 6 heteroatoms. The van der Waals surface area contributed by atoms with Crippen molar-refractivity contribution in [1.29, 1.82) is 5.26 Å². The van der Waals surface area contributed by atoms with E-state index in [0.717, 1.165) is 0 Å². The number of rotatable bonds is 6. The van der Waals surface area contributed by atoms with E-state index in [0.29, 0.717) is 22.8 Å². The van der Waals surface area contributed by atoms with Gasteiger partial charge in [-0.25, -0.2) is 4.79 Å². The summed E-state index contributed by atoms with van der Waals surface area (Å²) in [6, 6.07) is 5.07. The molecule has 0 saturated heterocycles. The van der Waals surface area contributed by atoms with E-state index in [1.54, 1.807) is 26.0 Å². The molecule has 0 heterocycles. The summed E-state index contributed by atoms with van der Waals surface area (Å²) in [5.41, 5.74) is 0.386. The summed E-state index contributed by atoms with van der Waals surface area (Å²) in [5.74, 6) is 0.709. The zero-order valence-electron chi connectivity index (χ0n) is 13.3. The summed E-state index contributed by atoms with van der Waals surface area (Å²) >= 11 is 0. The van der Waals surface area contributed by atoms with Crippen molar-refractivity contribution < 1.29 is 23.7 Å². The average Bonchev–Trinajstić information content (AvgIpc) is 2.50. The highest BCUT2D eigenvalue weighted by atomic mass is 16.5. The third kappa shape index (κ3) is 4.16. The Morgan fingerprint density at radius 2 is 1.64 bits per heavy atom. The first-order chi connectivity index (χ1) is 10.5. The van der Waals surface area contributed by atoms with Crippen molar-refractivity contribution in [3.8, 4) is 23.3 Å². The molecular weight excluding hydrogens is 286 g/mol. The second-order valence-corrected chi connectivity index (χ2v) is 4.57. The maximum absolute atomic E-state index is 11.9. The van der Waals surface area contributed by atoms with Crippen LogP contribution in [0.4, 0.5) is 0 Å². The highest BCUT2D eigenvalue weighted by Crippen LogP contribution is 2.35. The highest BCUT2D eigenvalue weighted by Gasteiger charge is 2.16. The third-order valence-electron chi connectivity index (χ3n) is 2.72. The molecule has 0 radical (unpaired) electrons. The van der Waals surface area contributed by atoms with Crippen LogP contribution in [-0.2, 0) is 9.53 Å². The predicted molar refractivity (Wildman–Crippen MR) is 80.9 cm³/mol. The molecule has 0 atom stereocenters. The third-order valence-corrected chi connectivity index (χ3v) is 2.72. The molecule has 0 spiro atoms. The number of benzene rings is 1. The number of hydrogen-bond donors (Lipinski definition) is 0. The molecule has 0 amide bonds. The number of methoxy groups -OCH3 is 3. The van der Waals surface area contributed by atoms with Crippen LogP contribution in [0.2, 0.25) is 0 Å². The van der Waals surface area contributed by atoms with Crippen molar-refractivity contribution in [3.05, 3.63) is 23.3 Å². The van der Waals surface area contributed by atoms with Crippen molar-refractivity contribution >= 4 is 12.0 Å². The van der Waals surface area contributed by atoms with Gasteiger partial charge in [0.2, 0.25) is 0 Å². The molecule has 6 nitrogen and oxygen atoms in total. The van der Waals surface area contributed by atoms with E-state index < -0.39 is 5.97 Å². The summed E-state index contributed by atoms with van der Waals surface area (Å²) in [6.07, 6.45) is 1.09. The van der Waals surface area contributed by atoms with E-state index in [1.807, 2.05) is 6.07 Å². The van der Waals surface area contributed by atoms with Gasteiger partial charge in [-0.2, -0.15) is 5.26 Å². The standard InChI is InChI=1S/C16H19NO5/c1-10(2)22-16(18)12(9-17)6-11-7-14(20-4)15(21-5)8-13(11)19-3/h6-8,10H,1-5H3. The molecule has 1 aromatic rings. The van der Waals surface area contributed by atoms with E-state index >= 15 is 0 Å². The smallest absolute Gasteiger partial charge is 0.349 e. The molecule has 0 aliphatic heterocycles. The average molecular weight is 305 g/mol. The maximum atomic E-state index is 11.9. The topological polar surface area (TPSA) is 77.8 Å². The second-order valence-electron chi connectivity index (χ2n) is 4.57. The molecule has 118 valence electrons. The lowest BCUT2D eigenvalue weighted by atomic mass is 10.1. The van der Waals surface area contributed by atoms with Crippen molar-refractivity contribution in [3.63, 3.8) is 0 Å². The first kappa shape index (κ1) is 17.4. The van der Waals surface area contributed by atoms with Gasteiger partial charge in [-0.3, -0.25) is 0 Å². The number of carbonyl (C=O) groups excluding carboxylic acids is 1. The molecule has 0 unspecified atom stereocenters. The van der Waals surface area contributed by atoms with Crippen LogP contribution in [0.3, 0.4) is 0 Å². The van der Waals surface area contributed by atoms with Crippen molar-refractivity contribution in [2.75, 3.05) is 21.3 Å². The van der Waals surface area contributed by atoms with E-state index in [4.69, 9.17) is 24.2 Å². The molecular formula is C16H19NO5.